The van der Waals surface area contributed by atoms with Crippen molar-refractivity contribution in [2.75, 3.05) is 50.8 Å². The van der Waals surface area contributed by atoms with Gasteiger partial charge in [-0.15, -0.1) is 0 Å². The molecule has 8 heteroatoms. The zero-order valence-corrected chi connectivity index (χ0v) is 14.1. The van der Waals surface area contributed by atoms with Crippen LogP contribution in [-0.4, -0.2) is 83.1 Å². The van der Waals surface area contributed by atoms with Gasteiger partial charge < -0.3 is 19.4 Å². The Kier molecular flexibility index (Phi) is 4.66. The highest BCUT2D eigenvalue weighted by Crippen LogP contribution is 2.22. The van der Waals surface area contributed by atoms with E-state index in [1.54, 1.807) is 30.3 Å². The van der Waals surface area contributed by atoms with Gasteiger partial charge >= 0.3 is 0 Å². The van der Waals surface area contributed by atoms with Gasteiger partial charge in [0.15, 0.2) is 5.60 Å². The Labute approximate surface area is 141 Å². The van der Waals surface area contributed by atoms with Gasteiger partial charge in [0.1, 0.15) is 0 Å². The lowest BCUT2D eigenvalue weighted by Crippen LogP contribution is -2.62. The van der Waals surface area contributed by atoms with E-state index in [4.69, 9.17) is 4.74 Å². The van der Waals surface area contributed by atoms with Gasteiger partial charge in [-0.3, -0.25) is 9.59 Å². The van der Waals surface area contributed by atoms with Gasteiger partial charge in [0, 0.05) is 52.0 Å². The van der Waals surface area contributed by atoms with Gasteiger partial charge in [0.2, 0.25) is 11.9 Å². The Morgan fingerprint density at radius 3 is 2.38 bits per heavy atom. The maximum absolute atomic E-state index is 12.9. The quantitative estimate of drug-likeness (QED) is 0.743. The number of morpholine rings is 1. The van der Waals surface area contributed by atoms with Crippen LogP contribution in [0.1, 0.15) is 13.8 Å². The van der Waals surface area contributed by atoms with Crippen LogP contribution in [0.25, 0.3) is 0 Å². The minimum Gasteiger partial charge on any atom is -0.362 e. The van der Waals surface area contributed by atoms with E-state index < -0.39 is 5.60 Å². The number of aromatic nitrogens is 2. The fourth-order valence-electron chi connectivity index (χ4n) is 3.17. The zero-order chi connectivity index (χ0) is 17.2. The molecule has 2 aliphatic rings. The number of carbonyl (C=O) groups excluding carboxylic acids is 2. The second-order valence-electron chi connectivity index (χ2n) is 6.35. The molecule has 1 aromatic rings. The third-order valence-electron chi connectivity index (χ3n) is 4.57. The summed E-state index contributed by atoms with van der Waals surface area (Å²) in [6.45, 7) is 7.09. The largest absolute Gasteiger partial charge is 0.362 e. The third-order valence-corrected chi connectivity index (χ3v) is 4.57. The van der Waals surface area contributed by atoms with E-state index in [9.17, 15) is 9.59 Å². The molecule has 0 aromatic carbocycles. The second kappa shape index (κ2) is 6.72. The molecule has 3 heterocycles. The van der Waals surface area contributed by atoms with Crippen LogP contribution in [0.3, 0.4) is 0 Å². The molecule has 1 aromatic heterocycles. The smallest absolute Gasteiger partial charge is 0.256 e. The van der Waals surface area contributed by atoms with Gasteiger partial charge in [0.05, 0.1) is 13.2 Å². The predicted molar refractivity (Wildman–Crippen MR) is 87.4 cm³/mol. The number of hydrogen-bond donors (Lipinski definition) is 0. The molecule has 130 valence electrons. The SMILES string of the molecule is CC(=O)N1CCOC(C)(C(=O)N2CCN(c3ncccn3)CC2)C1. The Morgan fingerprint density at radius 1 is 1.08 bits per heavy atom. The summed E-state index contributed by atoms with van der Waals surface area (Å²) in [4.78, 5) is 38.6. The number of rotatable bonds is 2. The molecule has 24 heavy (non-hydrogen) atoms. The Balaban J connectivity index is 1.61. The number of nitrogens with zero attached hydrogens (tertiary/aromatic N) is 5. The van der Waals surface area contributed by atoms with Crippen LogP contribution in [0.2, 0.25) is 0 Å². The first-order valence-corrected chi connectivity index (χ1v) is 8.20. The van der Waals surface area contributed by atoms with Gasteiger partial charge in [-0.1, -0.05) is 0 Å². The number of carbonyl (C=O) groups is 2. The molecule has 2 amide bonds. The summed E-state index contributed by atoms with van der Waals surface area (Å²) in [5.41, 5.74) is -0.963. The molecule has 0 saturated carbocycles. The van der Waals surface area contributed by atoms with Crippen molar-refractivity contribution in [3.63, 3.8) is 0 Å². The normalized spacial score (nSPS) is 24.8. The van der Waals surface area contributed by atoms with E-state index in [1.807, 2.05) is 4.90 Å². The molecule has 2 fully saturated rings. The number of ether oxygens (including phenoxy) is 1. The molecular formula is C16H23N5O3. The molecule has 3 rings (SSSR count). The lowest BCUT2D eigenvalue weighted by Gasteiger charge is -2.43. The lowest BCUT2D eigenvalue weighted by atomic mass is 10.0. The summed E-state index contributed by atoms with van der Waals surface area (Å²) < 4.78 is 5.75. The Bertz CT molecular complexity index is 603. The minimum atomic E-state index is -0.963. The van der Waals surface area contributed by atoms with Crippen molar-refractivity contribution >= 4 is 17.8 Å². The molecule has 1 unspecified atom stereocenters. The van der Waals surface area contributed by atoms with Crippen molar-refractivity contribution in [2.45, 2.75) is 19.4 Å². The first-order chi connectivity index (χ1) is 11.5. The third kappa shape index (κ3) is 3.33. The highest BCUT2D eigenvalue weighted by Gasteiger charge is 2.43. The number of hydrogen-bond acceptors (Lipinski definition) is 6. The summed E-state index contributed by atoms with van der Waals surface area (Å²) in [5.74, 6) is 0.609. The maximum Gasteiger partial charge on any atom is 0.256 e. The molecule has 8 nitrogen and oxygen atoms in total. The van der Waals surface area contributed by atoms with Crippen molar-refractivity contribution in [1.29, 1.82) is 0 Å². The van der Waals surface area contributed by atoms with Crippen molar-refractivity contribution in [2.24, 2.45) is 0 Å². The van der Waals surface area contributed by atoms with Crippen LogP contribution in [0, 0.1) is 0 Å². The Morgan fingerprint density at radius 2 is 1.75 bits per heavy atom. The van der Waals surface area contributed by atoms with E-state index in [1.165, 1.54) is 6.92 Å². The molecule has 0 bridgehead atoms. The molecule has 0 N–H and O–H groups in total. The van der Waals surface area contributed by atoms with Crippen molar-refractivity contribution in [3.8, 4) is 0 Å². The summed E-state index contributed by atoms with van der Waals surface area (Å²) in [6.07, 6.45) is 3.43. The van der Waals surface area contributed by atoms with E-state index in [0.29, 0.717) is 51.8 Å². The van der Waals surface area contributed by atoms with Crippen LogP contribution in [0.5, 0.6) is 0 Å². The zero-order valence-electron chi connectivity index (χ0n) is 14.1. The van der Waals surface area contributed by atoms with E-state index >= 15 is 0 Å². The number of amides is 2. The molecule has 0 aliphatic carbocycles. The summed E-state index contributed by atoms with van der Waals surface area (Å²) in [6, 6.07) is 1.78. The summed E-state index contributed by atoms with van der Waals surface area (Å²) >= 11 is 0. The van der Waals surface area contributed by atoms with Crippen molar-refractivity contribution < 1.29 is 14.3 Å². The molecular weight excluding hydrogens is 310 g/mol. The van der Waals surface area contributed by atoms with Crippen LogP contribution in [0.4, 0.5) is 5.95 Å². The van der Waals surface area contributed by atoms with Gasteiger partial charge in [-0.2, -0.15) is 0 Å². The fraction of sp³-hybridized carbons (Fsp3) is 0.625. The van der Waals surface area contributed by atoms with Crippen LogP contribution < -0.4 is 4.90 Å². The molecule has 0 radical (unpaired) electrons. The van der Waals surface area contributed by atoms with Gasteiger partial charge in [-0.05, 0) is 13.0 Å². The lowest BCUT2D eigenvalue weighted by molar-refractivity contribution is -0.171. The van der Waals surface area contributed by atoms with E-state index in [2.05, 4.69) is 14.9 Å². The number of piperazine rings is 1. The second-order valence-corrected chi connectivity index (χ2v) is 6.35. The molecule has 1 atom stereocenters. The average molecular weight is 333 g/mol. The van der Waals surface area contributed by atoms with Crippen LogP contribution in [-0.2, 0) is 14.3 Å². The van der Waals surface area contributed by atoms with Gasteiger partial charge in [0.25, 0.3) is 5.91 Å². The van der Waals surface area contributed by atoms with E-state index in [0.717, 1.165) is 0 Å². The fourth-order valence-corrected chi connectivity index (χ4v) is 3.17. The summed E-state index contributed by atoms with van der Waals surface area (Å²) in [5, 5.41) is 0. The highest BCUT2D eigenvalue weighted by atomic mass is 16.5. The molecule has 2 saturated heterocycles. The van der Waals surface area contributed by atoms with Crippen LogP contribution in [0.15, 0.2) is 18.5 Å². The minimum absolute atomic E-state index is 0.0247. The topological polar surface area (TPSA) is 78.9 Å². The van der Waals surface area contributed by atoms with Crippen LogP contribution >= 0.6 is 0 Å². The molecule has 0 spiro atoms. The van der Waals surface area contributed by atoms with Gasteiger partial charge in [-0.25, -0.2) is 9.97 Å². The van der Waals surface area contributed by atoms with Crippen molar-refractivity contribution in [3.05, 3.63) is 18.5 Å². The molecule has 2 aliphatic heterocycles. The highest BCUT2D eigenvalue weighted by molar-refractivity contribution is 5.86. The first-order valence-electron chi connectivity index (χ1n) is 8.20. The van der Waals surface area contributed by atoms with E-state index in [-0.39, 0.29) is 11.8 Å². The standard InChI is InChI=1S/C16H23N5O3/c1-13(22)21-10-11-24-16(2,12-21)14(23)19-6-8-20(9-7-19)15-17-4-3-5-18-15/h3-5H,6-12H2,1-2H3. The Hall–Kier alpha value is -2.22. The average Bonchev–Trinajstić information content (AvgIpc) is 2.62. The first kappa shape index (κ1) is 16.6. The maximum atomic E-state index is 12.9. The predicted octanol–water partition coefficient (Wildman–Crippen LogP) is -0.237. The number of anilines is 1. The summed E-state index contributed by atoms with van der Waals surface area (Å²) in [7, 11) is 0. The van der Waals surface area contributed by atoms with Crippen molar-refractivity contribution in [1.82, 2.24) is 19.8 Å². The monoisotopic (exact) mass is 333 g/mol.